The largest absolute Gasteiger partial charge is 0.485 e. The molecule has 5 atom stereocenters. The van der Waals surface area contributed by atoms with Crippen molar-refractivity contribution < 1.29 is 42.8 Å². The molecule has 0 spiro atoms. The second-order valence-electron chi connectivity index (χ2n) is 13.6. The molecule has 4 aromatic rings. The Morgan fingerprint density at radius 2 is 1.80 bits per heavy atom. The van der Waals surface area contributed by atoms with E-state index in [0.717, 1.165) is 35.4 Å². The van der Waals surface area contributed by atoms with E-state index in [-0.39, 0.29) is 32.2 Å². The van der Waals surface area contributed by atoms with Gasteiger partial charge in [-0.25, -0.2) is 4.79 Å². The summed E-state index contributed by atoms with van der Waals surface area (Å²) < 4.78 is 39.5. The maximum Gasteiger partial charge on any atom is 0.407 e. The zero-order chi connectivity index (χ0) is 35.2. The molecule has 0 bridgehead atoms. The zero-order valence-corrected chi connectivity index (χ0v) is 28.8. The highest BCUT2D eigenvalue weighted by Crippen LogP contribution is 2.34. The van der Waals surface area contributed by atoms with Crippen LogP contribution in [-0.4, -0.2) is 83.9 Å². The van der Waals surface area contributed by atoms with Crippen molar-refractivity contribution in [3.05, 3.63) is 89.7 Å². The Kier molecular flexibility index (Phi) is 11.0. The predicted molar refractivity (Wildman–Crippen MR) is 184 cm³/mol. The molecule has 7 rings (SSSR count). The first-order chi connectivity index (χ1) is 24.9. The number of amides is 1. The van der Waals surface area contributed by atoms with Gasteiger partial charge in [0, 0.05) is 25.2 Å². The number of nitrogens with one attached hydrogen (secondary N) is 1. The average molecular weight is 701 g/mol. The van der Waals surface area contributed by atoms with Gasteiger partial charge in [0.2, 0.25) is 12.6 Å². The van der Waals surface area contributed by atoms with E-state index in [1.807, 2.05) is 72.8 Å². The second kappa shape index (κ2) is 16.1. The molecule has 0 aliphatic carbocycles. The van der Waals surface area contributed by atoms with Crippen molar-refractivity contribution >= 4 is 6.09 Å². The highest BCUT2D eigenvalue weighted by Gasteiger charge is 2.44. The minimum Gasteiger partial charge on any atom is -0.485 e. The number of fused-ring (bicyclic) bond motifs is 2. The minimum atomic E-state index is -0.916. The fraction of sp³-hybridized carbons (Fsp3) is 0.447. The summed E-state index contributed by atoms with van der Waals surface area (Å²) in [5.41, 5.74) is 2.78. The van der Waals surface area contributed by atoms with Gasteiger partial charge in [0.1, 0.15) is 11.9 Å². The summed E-state index contributed by atoms with van der Waals surface area (Å²) in [5, 5.41) is 18.8. The predicted octanol–water partition coefficient (Wildman–Crippen LogP) is 4.96. The van der Waals surface area contributed by atoms with E-state index in [0.29, 0.717) is 55.2 Å². The van der Waals surface area contributed by atoms with Crippen molar-refractivity contribution in [3.63, 3.8) is 0 Å². The van der Waals surface area contributed by atoms with Crippen LogP contribution < -0.4 is 19.5 Å². The molecule has 1 aromatic heterocycles. The molecule has 13 heteroatoms. The molecule has 4 heterocycles. The first kappa shape index (κ1) is 34.7. The summed E-state index contributed by atoms with van der Waals surface area (Å²) >= 11 is 0. The minimum absolute atomic E-state index is 0.00674. The number of aromatic nitrogens is 2. The van der Waals surface area contributed by atoms with E-state index < -0.39 is 24.3 Å². The third kappa shape index (κ3) is 8.98. The van der Waals surface area contributed by atoms with Gasteiger partial charge in [-0.1, -0.05) is 55.4 Å². The molecule has 2 fully saturated rings. The maximum absolute atomic E-state index is 13.3. The molecule has 51 heavy (non-hydrogen) atoms. The van der Waals surface area contributed by atoms with Crippen LogP contribution in [0.3, 0.4) is 0 Å². The van der Waals surface area contributed by atoms with Gasteiger partial charge in [-0.3, -0.25) is 4.90 Å². The number of benzene rings is 3. The number of alkyl carbamates (subject to hydrolysis) is 1. The highest BCUT2D eigenvalue weighted by molar-refractivity contribution is 5.68. The standard InChI is InChI=1S/C38H44N4O9/c1-24(2)18-42(19-26-10-13-32-33(17-26)49-23-48-32)20-31(43)30(39-38(44)50-34-21-47-37-29(34)14-15-45-37)16-25-8-11-28(12-9-25)46-22-35-40-36(51-41-35)27-6-4-3-5-7-27/h3-13,17,24,29-31,34,37,43H,14-16,18-23H2,1-2H3,(H,39,44)/t29-,30-,31+,34-,37+/m0/s1. The van der Waals surface area contributed by atoms with Crippen LogP contribution in [0.1, 0.15) is 37.2 Å². The molecule has 2 N–H and O–H groups in total. The molecule has 3 aromatic carbocycles. The molecule has 270 valence electrons. The van der Waals surface area contributed by atoms with Crippen molar-refractivity contribution in [2.45, 2.75) is 64.4 Å². The van der Waals surface area contributed by atoms with Gasteiger partial charge in [0.05, 0.1) is 31.3 Å². The van der Waals surface area contributed by atoms with Crippen LogP contribution >= 0.6 is 0 Å². The number of hydrogen-bond acceptors (Lipinski definition) is 12. The fourth-order valence-corrected chi connectivity index (χ4v) is 6.70. The molecular formula is C38H44N4O9. The fourth-order valence-electron chi connectivity index (χ4n) is 6.70. The Bertz CT molecular complexity index is 1730. The summed E-state index contributed by atoms with van der Waals surface area (Å²) in [6, 6.07) is 22.3. The van der Waals surface area contributed by atoms with Gasteiger partial charge in [0.25, 0.3) is 5.89 Å². The Labute approximate surface area is 296 Å². The van der Waals surface area contributed by atoms with E-state index in [4.69, 9.17) is 32.9 Å². The quantitative estimate of drug-likeness (QED) is 0.173. The Balaban J connectivity index is 1.01. The summed E-state index contributed by atoms with van der Waals surface area (Å²) in [7, 11) is 0. The van der Waals surface area contributed by atoms with Crippen LogP contribution in [0.5, 0.6) is 17.2 Å². The molecule has 0 unspecified atom stereocenters. The number of nitrogens with zero attached hydrogens (tertiary/aromatic N) is 3. The number of aliphatic hydroxyl groups is 1. The third-order valence-electron chi connectivity index (χ3n) is 9.16. The summed E-state index contributed by atoms with van der Waals surface area (Å²) in [5.74, 6) is 3.27. The molecule has 2 saturated heterocycles. The molecule has 3 aliphatic heterocycles. The van der Waals surface area contributed by atoms with E-state index in [1.165, 1.54) is 0 Å². The van der Waals surface area contributed by atoms with Gasteiger partial charge in [-0.2, -0.15) is 4.98 Å². The van der Waals surface area contributed by atoms with Crippen molar-refractivity contribution in [3.8, 4) is 28.7 Å². The number of rotatable bonds is 15. The molecular weight excluding hydrogens is 656 g/mol. The van der Waals surface area contributed by atoms with Crippen molar-refractivity contribution in [1.82, 2.24) is 20.4 Å². The number of ether oxygens (including phenoxy) is 6. The van der Waals surface area contributed by atoms with Gasteiger partial charge in [0.15, 0.2) is 24.4 Å². The monoisotopic (exact) mass is 700 g/mol. The van der Waals surface area contributed by atoms with Crippen LogP contribution in [-0.2, 0) is 33.8 Å². The second-order valence-corrected chi connectivity index (χ2v) is 13.6. The van der Waals surface area contributed by atoms with Crippen LogP contribution in [0, 0.1) is 11.8 Å². The van der Waals surface area contributed by atoms with Gasteiger partial charge >= 0.3 is 6.09 Å². The van der Waals surface area contributed by atoms with Crippen molar-refractivity contribution in [2.75, 3.05) is 33.1 Å². The van der Waals surface area contributed by atoms with Gasteiger partial charge in [-0.05, 0) is 66.3 Å². The molecule has 3 aliphatic rings. The third-order valence-corrected chi connectivity index (χ3v) is 9.16. The lowest BCUT2D eigenvalue weighted by Crippen LogP contribution is -2.50. The van der Waals surface area contributed by atoms with Crippen LogP contribution in [0.2, 0.25) is 0 Å². The first-order valence-corrected chi connectivity index (χ1v) is 17.5. The van der Waals surface area contributed by atoms with E-state index in [2.05, 4.69) is 34.2 Å². The number of carbonyl (C=O) groups excluding carboxylic acids is 1. The van der Waals surface area contributed by atoms with Crippen LogP contribution in [0.25, 0.3) is 11.5 Å². The summed E-state index contributed by atoms with van der Waals surface area (Å²) in [6.07, 6.45) is -1.12. The van der Waals surface area contributed by atoms with Crippen LogP contribution in [0.4, 0.5) is 4.79 Å². The number of aliphatic hydroxyl groups excluding tert-OH is 1. The van der Waals surface area contributed by atoms with E-state index in [1.54, 1.807) is 0 Å². The molecule has 0 radical (unpaired) electrons. The summed E-state index contributed by atoms with van der Waals surface area (Å²) in [6.45, 7) is 7.13. The lowest BCUT2D eigenvalue weighted by molar-refractivity contribution is -0.0907. The van der Waals surface area contributed by atoms with Crippen LogP contribution in [0.15, 0.2) is 77.3 Å². The van der Waals surface area contributed by atoms with Crippen molar-refractivity contribution in [1.29, 1.82) is 0 Å². The van der Waals surface area contributed by atoms with Crippen molar-refractivity contribution in [2.24, 2.45) is 11.8 Å². The summed E-state index contributed by atoms with van der Waals surface area (Å²) in [4.78, 5) is 19.9. The van der Waals surface area contributed by atoms with Gasteiger partial charge in [-0.15, -0.1) is 0 Å². The van der Waals surface area contributed by atoms with E-state index >= 15 is 0 Å². The van der Waals surface area contributed by atoms with E-state index in [9.17, 15) is 9.90 Å². The lowest BCUT2D eigenvalue weighted by Gasteiger charge is -2.31. The highest BCUT2D eigenvalue weighted by atomic mass is 16.7. The molecule has 0 saturated carbocycles. The number of carbonyl (C=O) groups is 1. The Morgan fingerprint density at radius 1 is 1.00 bits per heavy atom. The van der Waals surface area contributed by atoms with Gasteiger partial charge < -0.3 is 43.4 Å². The first-order valence-electron chi connectivity index (χ1n) is 17.5. The average Bonchev–Trinajstić information content (AvgIpc) is 3.94. The maximum atomic E-state index is 13.3. The zero-order valence-electron chi connectivity index (χ0n) is 28.8. The Hall–Kier alpha value is -4.69. The molecule has 1 amide bonds. The topological polar surface area (TPSA) is 147 Å². The number of hydrogen-bond donors (Lipinski definition) is 2. The normalized spacial score (nSPS) is 20.4. The SMILES string of the molecule is CC(C)CN(Cc1ccc2c(c1)OCO2)C[C@@H](O)[C@H](Cc1ccc(OCc2noc(-c3ccccc3)n2)cc1)NC(=O)O[C@H]1CO[C@H]2OCC[C@H]21. The Morgan fingerprint density at radius 3 is 2.63 bits per heavy atom. The lowest BCUT2D eigenvalue weighted by atomic mass is 10.00. The smallest absolute Gasteiger partial charge is 0.407 e. The molecule has 13 nitrogen and oxygen atoms in total.